The third-order valence-electron chi connectivity index (χ3n) is 4.40. The van der Waals surface area contributed by atoms with Gasteiger partial charge in [-0.2, -0.15) is 0 Å². The summed E-state index contributed by atoms with van der Waals surface area (Å²) in [6.07, 6.45) is 2.75. The molecule has 0 aliphatic carbocycles. The molecule has 0 unspecified atom stereocenters. The fourth-order valence-corrected chi connectivity index (χ4v) is 3.59. The third-order valence-corrected chi connectivity index (χ3v) is 5.50. The normalized spacial score (nSPS) is 16.5. The van der Waals surface area contributed by atoms with Crippen LogP contribution in [0.4, 0.5) is 4.39 Å². The topological polar surface area (TPSA) is 54.9 Å². The van der Waals surface area contributed by atoms with Gasteiger partial charge in [-0.25, -0.2) is 4.39 Å². The van der Waals surface area contributed by atoms with E-state index in [0.717, 1.165) is 62.2 Å². The summed E-state index contributed by atoms with van der Waals surface area (Å²) in [5.74, 6) is 1.60. The Balaban J connectivity index is 0.00000364. The van der Waals surface area contributed by atoms with E-state index in [9.17, 15) is 4.39 Å². The van der Waals surface area contributed by atoms with Gasteiger partial charge in [0.15, 0.2) is 5.96 Å². The van der Waals surface area contributed by atoms with E-state index in [1.165, 1.54) is 12.1 Å². The van der Waals surface area contributed by atoms with Crippen molar-refractivity contribution in [1.29, 1.82) is 0 Å². The molecule has 1 saturated heterocycles. The second-order valence-corrected chi connectivity index (χ2v) is 7.45. The fourth-order valence-electron chi connectivity index (χ4n) is 2.73. The zero-order chi connectivity index (χ0) is 18.7. The van der Waals surface area contributed by atoms with E-state index in [1.807, 2.05) is 12.1 Å². The SMILES string of the molecule is CCNC(=NCC1(OC)CCOCC1)NCCCSc1ccc(F)cc1.I. The lowest BCUT2D eigenvalue weighted by molar-refractivity contribution is -0.0828. The van der Waals surface area contributed by atoms with Crippen LogP contribution >= 0.6 is 35.7 Å². The minimum absolute atomic E-state index is 0. The Kier molecular flexibility index (Phi) is 12.3. The summed E-state index contributed by atoms with van der Waals surface area (Å²) < 4.78 is 24.1. The van der Waals surface area contributed by atoms with Gasteiger partial charge in [0, 0.05) is 51.2 Å². The Hall–Kier alpha value is -0.580. The molecule has 0 saturated carbocycles. The summed E-state index contributed by atoms with van der Waals surface area (Å²) in [7, 11) is 1.76. The number of hydrogen-bond donors (Lipinski definition) is 2. The first-order chi connectivity index (χ1) is 12.7. The maximum atomic E-state index is 12.9. The molecular formula is C19H31FIN3O2S. The monoisotopic (exact) mass is 511 g/mol. The van der Waals surface area contributed by atoms with E-state index in [1.54, 1.807) is 18.9 Å². The highest BCUT2D eigenvalue weighted by Crippen LogP contribution is 2.24. The second kappa shape index (κ2) is 13.6. The lowest BCUT2D eigenvalue weighted by atomic mass is 9.94. The molecular weight excluding hydrogens is 480 g/mol. The van der Waals surface area contributed by atoms with E-state index in [4.69, 9.17) is 14.5 Å². The molecule has 2 N–H and O–H groups in total. The molecule has 0 bridgehead atoms. The van der Waals surface area contributed by atoms with E-state index in [0.29, 0.717) is 6.54 Å². The molecule has 1 aliphatic heterocycles. The van der Waals surface area contributed by atoms with Gasteiger partial charge in [-0.15, -0.1) is 35.7 Å². The molecule has 0 aromatic heterocycles. The number of aliphatic imine (C=N–C) groups is 1. The molecule has 5 nitrogen and oxygen atoms in total. The van der Waals surface area contributed by atoms with Gasteiger partial charge in [0.1, 0.15) is 5.82 Å². The molecule has 27 heavy (non-hydrogen) atoms. The molecule has 1 fully saturated rings. The van der Waals surface area contributed by atoms with Gasteiger partial charge in [-0.05, 0) is 43.4 Å². The van der Waals surface area contributed by atoms with Crippen molar-refractivity contribution in [2.45, 2.75) is 36.7 Å². The summed E-state index contributed by atoms with van der Waals surface area (Å²) in [6.45, 7) is 5.80. The van der Waals surface area contributed by atoms with Gasteiger partial charge in [0.05, 0.1) is 12.1 Å². The maximum absolute atomic E-state index is 12.9. The van der Waals surface area contributed by atoms with Crippen LogP contribution in [-0.4, -0.2) is 57.3 Å². The number of thioether (sulfide) groups is 1. The van der Waals surface area contributed by atoms with Crippen LogP contribution in [0.25, 0.3) is 0 Å². The van der Waals surface area contributed by atoms with Gasteiger partial charge in [-0.3, -0.25) is 4.99 Å². The zero-order valence-electron chi connectivity index (χ0n) is 16.1. The Labute approximate surface area is 183 Å². The summed E-state index contributed by atoms with van der Waals surface area (Å²) in [5.41, 5.74) is -0.209. The highest BCUT2D eigenvalue weighted by Gasteiger charge is 2.32. The molecule has 1 aliphatic rings. The number of nitrogens with one attached hydrogen (secondary N) is 2. The van der Waals surface area contributed by atoms with E-state index in [2.05, 4.69) is 17.6 Å². The lowest BCUT2D eigenvalue weighted by Gasteiger charge is -2.34. The standard InChI is InChI=1S/C19H30FN3O2S.HI/c1-3-21-18(23-15-19(24-2)9-12-25-13-10-19)22-11-4-14-26-17-7-5-16(20)6-8-17;/h5-8H,3-4,9-15H2,1-2H3,(H2,21,22,23);1H. The van der Waals surface area contributed by atoms with Crippen molar-refractivity contribution in [3.05, 3.63) is 30.1 Å². The highest BCUT2D eigenvalue weighted by molar-refractivity contribution is 14.0. The van der Waals surface area contributed by atoms with Crippen molar-refractivity contribution in [1.82, 2.24) is 10.6 Å². The van der Waals surface area contributed by atoms with Crippen LogP contribution in [0.15, 0.2) is 34.2 Å². The molecule has 0 atom stereocenters. The van der Waals surface area contributed by atoms with Crippen molar-refractivity contribution in [3.8, 4) is 0 Å². The van der Waals surface area contributed by atoms with Crippen LogP contribution < -0.4 is 10.6 Å². The quantitative estimate of drug-likeness (QED) is 0.174. The molecule has 0 amide bonds. The minimum atomic E-state index is -0.209. The molecule has 0 radical (unpaired) electrons. The smallest absolute Gasteiger partial charge is 0.191 e. The van der Waals surface area contributed by atoms with Crippen molar-refractivity contribution in [2.75, 3.05) is 45.7 Å². The predicted octanol–water partition coefficient (Wildman–Crippen LogP) is 3.68. The Morgan fingerprint density at radius 2 is 1.96 bits per heavy atom. The number of ether oxygens (including phenoxy) is 2. The number of halogens is 2. The summed E-state index contributed by atoms with van der Waals surface area (Å²) in [6, 6.07) is 6.63. The molecule has 2 rings (SSSR count). The molecule has 8 heteroatoms. The predicted molar refractivity (Wildman–Crippen MR) is 121 cm³/mol. The first kappa shape index (κ1) is 24.5. The first-order valence-corrected chi connectivity index (χ1v) is 10.2. The van der Waals surface area contributed by atoms with Crippen LogP contribution in [0, 0.1) is 5.82 Å². The number of nitrogens with zero attached hydrogens (tertiary/aromatic N) is 1. The maximum Gasteiger partial charge on any atom is 0.191 e. The van der Waals surface area contributed by atoms with Crippen molar-refractivity contribution in [2.24, 2.45) is 4.99 Å². The van der Waals surface area contributed by atoms with Crippen LogP contribution in [0.2, 0.25) is 0 Å². The summed E-state index contributed by atoms with van der Waals surface area (Å²) >= 11 is 1.73. The van der Waals surface area contributed by atoms with Crippen LogP contribution in [0.5, 0.6) is 0 Å². The molecule has 0 spiro atoms. The molecule has 1 heterocycles. The lowest BCUT2D eigenvalue weighted by Crippen LogP contribution is -2.44. The van der Waals surface area contributed by atoms with Gasteiger partial charge in [0.2, 0.25) is 0 Å². The van der Waals surface area contributed by atoms with Gasteiger partial charge in [0.25, 0.3) is 0 Å². The van der Waals surface area contributed by atoms with E-state index in [-0.39, 0.29) is 35.4 Å². The zero-order valence-corrected chi connectivity index (χ0v) is 19.3. The van der Waals surface area contributed by atoms with Crippen molar-refractivity contribution < 1.29 is 13.9 Å². The van der Waals surface area contributed by atoms with E-state index >= 15 is 0 Å². The van der Waals surface area contributed by atoms with Crippen molar-refractivity contribution >= 4 is 41.7 Å². The van der Waals surface area contributed by atoms with Crippen LogP contribution in [-0.2, 0) is 9.47 Å². The fraction of sp³-hybridized carbons (Fsp3) is 0.632. The Morgan fingerprint density at radius 1 is 1.26 bits per heavy atom. The summed E-state index contributed by atoms with van der Waals surface area (Å²) in [4.78, 5) is 5.80. The van der Waals surface area contributed by atoms with Crippen LogP contribution in [0.3, 0.4) is 0 Å². The van der Waals surface area contributed by atoms with E-state index < -0.39 is 0 Å². The second-order valence-electron chi connectivity index (χ2n) is 6.28. The average molecular weight is 511 g/mol. The number of hydrogen-bond acceptors (Lipinski definition) is 4. The molecule has 1 aromatic carbocycles. The third kappa shape index (κ3) is 8.97. The highest BCUT2D eigenvalue weighted by atomic mass is 127. The minimum Gasteiger partial charge on any atom is -0.381 e. The molecule has 154 valence electrons. The van der Waals surface area contributed by atoms with Crippen LogP contribution in [0.1, 0.15) is 26.2 Å². The summed E-state index contributed by atoms with van der Waals surface area (Å²) in [5, 5.41) is 6.66. The Bertz CT molecular complexity index is 554. The first-order valence-electron chi connectivity index (χ1n) is 9.21. The number of benzene rings is 1. The molecule has 1 aromatic rings. The Morgan fingerprint density at radius 3 is 2.59 bits per heavy atom. The number of rotatable bonds is 9. The van der Waals surface area contributed by atoms with Gasteiger partial charge >= 0.3 is 0 Å². The van der Waals surface area contributed by atoms with Crippen molar-refractivity contribution in [3.63, 3.8) is 0 Å². The van der Waals surface area contributed by atoms with Gasteiger partial charge in [-0.1, -0.05) is 0 Å². The van der Waals surface area contributed by atoms with Gasteiger partial charge < -0.3 is 20.1 Å². The largest absolute Gasteiger partial charge is 0.381 e. The average Bonchev–Trinajstić information content (AvgIpc) is 2.68. The number of guanidine groups is 1. The number of methoxy groups -OCH3 is 1.